The summed E-state index contributed by atoms with van der Waals surface area (Å²) in [5.74, 6) is -1.04. The molecule has 1 heterocycles. The normalized spacial score (nSPS) is 18.6. The molecule has 0 bridgehead atoms. The van der Waals surface area contributed by atoms with E-state index in [0.29, 0.717) is 31.4 Å². The number of aromatic hydroxyl groups is 1. The summed E-state index contributed by atoms with van der Waals surface area (Å²) in [4.78, 5) is 50.3. The summed E-state index contributed by atoms with van der Waals surface area (Å²) in [7, 11) is 0. The van der Waals surface area contributed by atoms with E-state index >= 15 is 0 Å². The van der Waals surface area contributed by atoms with Crippen LogP contribution in [0.2, 0.25) is 0 Å². The molecule has 1 spiro atoms. The Balaban J connectivity index is 1.42. The third kappa shape index (κ3) is 4.33. The first-order valence-corrected chi connectivity index (χ1v) is 9.85. The number of nitrogens with one attached hydrogen (secondary N) is 3. The van der Waals surface area contributed by atoms with E-state index in [0.717, 1.165) is 17.7 Å². The van der Waals surface area contributed by atoms with E-state index in [1.54, 1.807) is 12.1 Å². The second-order valence-corrected chi connectivity index (χ2v) is 7.52. The number of hydrogen-bond acceptors (Lipinski definition) is 5. The molecule has 4 N–H and O–H groups in total. The highest BCUT2D eigenvalue weighted by Crippen LogP contribution is 2.35. The maximum atomic E-state index is 12.7. The number of benzene rings is 1. The van der Waals surface area contributed by atoms with Gasteiger partial charge in [-0.15, -0.1) is 0 Å². The number of carbonyl (C=O) groups is 4. The zero-order chi connectivity index (χ0) is 21.0. The van der Waals surface area contributed by atoms with Crippen molar-refractivity contribution in [3.8, 4) is 5.75 Å². The van der Waals surface area contributed by atoms with Gasteiger partial charge in [0.15, 0.2) is 0 Å². The summed E-state index contributed by atoms with van der Waals surface area (Å²) >= 11 is 0. The van der Waals surface area contributed by atoms with E-state index in [4.69, 9.17) is 0 Å². The smallest absolute Gasteiger partial charge is 0.325 e. The lowest BCUT2D eigenvalue weighted by atomic mass is 9.97. The quantitative estimate of drug-likeness (QED) is 0.398. The number of amides is 5. The molecule has 0 radical (unpaired) electrons. The molecule has 1 aliphatic carbocycles. The zero-order valence-electron chi connectivity index (χ0n) is 16.4. The molecule has 2 fully saturated rings. The average Bonchev–Trinajstić information content (AvgIpc) is 3.25. The van der Waals surface area contributed by atoms with Crippen LogP contribution < -0.4 is 16.0 Å². The molecule has 2 aliphatic rings. The topological polar surface area (TPSA) is 128 Å². The highest BCUT2D eigenvalue weighted by Gasteiger charge is 2.54. The van der Waals surface area contributed by atoms with Crippen LogP contribution in [0.25, 0.3) is 0 Å². The average molecular weight is 402 g/mol. The van der Waals surface area contributed by atoms with Gasteiger partial charge in [0.1, 0.15) is 17.3 Å². The van der Waals surface area contributed by atoms with Crippen LogP contribution >= 0.6 is 0 Å². The number of nitrogens with zero attached hydrogens (tertiary/aromatic N) is 1. The van der Waals surface area contributed by atoms with Gasteiger partial charge >= 0.3 is 6.03 Å². The van der Waals surface area contributed by atoms with Crippen molar-refractivity contribution in [2.75, 3.05) is 13.1 Å². The van der Waals surface area contributed by atoms with Crippen molar-refractivity contribution in [3.63, 3.8) is 0 Å². The number of rotatable bonds is 7. The number of imide groups is 1. The van der Waals surface area contributed by atoms with Crippen LogP contribution in [-0.4, -0.2) is 58.4 Å². The van der Waals surface area contributed by atoms with E-state index in [-0.39, 0.29) is 24.1 Å². The Bertz CT molecular complexity index is 819. The molecule has 1 aromatic rings. The van der Waals surface area contributed by atoms with E-state index in [9.17, 15) is 24.3 Å². The molecule has 29 heavy (non-hydrogen) atoms. The van der Waals surface area contributed by atoms with Crippen molar-refractivity contribution in [2.45, 2.75) is 50.6 Å². The van der Waals surface area contributed by atoms with Crippen molar-refractivity contribution in [1.82, 2.24) is 20.9 Å². The third-order valence-corrected chi connectivity index (χ3v) is 5.46. The molecule has 1 unspecified atom stereocenters. The molecule has 5 amide bonds. The Morgan fingerprint density at radius 1 is 1.21 bits per heavy atom. The summed E-state index contributed by atoms with van der Waals surface area (Å²) in [5.41, 5.74) is -0.482. The largest absolute Gasteiger partial charge is 0.508 e. The van der Waals surface area contributed by atoms with Crippen molar-refractivity contribution >= 4 is 23.8 Å². The number of carbonyl (C=O) groups excluding carboxylic acids is 4. The standard InChI is InChI=1S/C20H26N4O5/c1-13(24-18(28)20(23-19(24)29)8-2-3-9-20)16(26)21-10-5-11-22-17(27)14-6-4-7-15(25)12-14/h4,6-7,12-13,25H,2-3,5,8-11H2,1H3,(H,21,26)(H,22,27)(H,23,29). The van der Waals surface area contributed by atoms with E-state index in [2.05, 4.69) is 16.0 Å². The fourth-order valence-electron chi connectivity index (χ4n) is 3.83. The molecule has 156 valence electrons. The molecule has 9 nitrogen and oxygen atoms in total. The van der Waals surface area contributed by atoms with Crippen LogP contribution in [0.4, 0.5) is 4.79 Å². The molecule has 1 saturated heterocycles. The molecule has 0 aromatic heterocycles. The number of hydrogen-bond donors (Lipinski definition) is 4. The van der Waals surface area contributed by atoms with Crippen molar-refractivity contribution in [1.29, 1.82) is 0 Å². The van der Waals surface area contributed by atoms with Crippen molar-refractivity contribution in [2.24, 2.45) is 0 Å². The second-order valence-electron chi connectivity index (χ2n) is 7.52. The molecule has 1 aliphatic heterocycles. The lowest BCUT2D eigenvalue weighted by Gasteiger charge is -2.23. The van der Waals surface area contributed by atoms with Gasteiger partial charge in [-0.3, -0.25) is 14.4 Å². The summed E-state index contributed by atoms with van der Waals surface area (Å²) in [5, 5.41) is 17.6. The molecular weight excluding hydrogens is 376 g/mol. The number of phenolic OH excluding ortho intramolecular Hbond substituents is 1. The first-order valence-electron chi connectivity index (χ1n) is 9.85. The molecule has 9 heteroatoms. The van der Waals surface area contributed by atoms with E-state index in [1.807, 2.05) is 0 Å². The Morgan fingerprint density at radius 3 is 2.59 bits per heavy atom. The Hall–Kier alpha value is -3.10. The SMILES string of the molecule is CC(C(=O)NCCCNC(=O)c1cccc(O)c1)N1C(=O)NC2(CCCC2)C1=O. The van der Waals surface area contributed by atoms with Gasteiger partial charge < -0.3 is 21.1 Å². The number of urea groups is 1. The summed E-state index contributed by atoms with van der Waals surface area (Å²) in [6, 6.07) is 4.61. The van der Waals surface area contributed by atoms with Crippen molar-refractivity contribution in [3.05, 3.63) is 29.8 Å². The minimum Gasteiger partial charge on any atom is -0.508 e. The van der Waals surface area contributed by atoms with Crippen LogP contribution in [0.1, 0.15) is 49.4 Å². The van der Waals surface area contributed by atoms with E-state index < -0.39 is 23.5 Å². The molecule has 1 atom stereocenters. The zero-order valence-corrected chi connectivity index (χ0v) is 16.4. The van der Waals surface area contributed by atoms with E-state index in [1.165, 1.54) is 19.1 Å². The van der Waals surface area contributed by atoms with Gasteiger partial charge in [0.05, 0.1) is 0 Å². The predicted octanol–water partition coefficient (Wildman–Crippen LogP) is 0.881. The minimum atomic E-state index is -0.899. The Labute approximate surface area is 168 Å². The highest BCUT2D eigenvalue weighted by atomic mass is 16.3. The van der Waals surface area contributed by atoms with Gasteiger partial charge in [-0.1, -0.05) is 18.9 Å². The highest BCUT2D eigenvalue weighted by molar-refractivity contribution is 6.10. The van der Waals surface area contributed by atoms with Crippen LogP contribution in [-0.2, 0) is 9.59 Å². The summed E-state index contributed by atoms with van der Waals surface area (Å²) < 4.78 is 0. The van der Waals surface area contributed by atoms with Crippen LogP contribution in [0.5, 0.6) is 5.75 Å². The Kier molecular flexibility index (Phi) is 6.05. The Morgan fingerprint density at radius 2 is 1.90 bits per heavy atom. The molecule has 1 saturated carbocycles. The fourth-order valence-corrected chi connectivity index (χ4v) is 3.83. The third-order valence-electron chi connectivity index (χ3n) is 5.46. The lowest BCUT2D eigenvalue weighted by molar-refractivity contribution is -0.137. The van der Waals surface area contributed by atoms with Crippen LogP contribution in [0, 0.1) is 0 Å². The second kappa shape index (κ2) is 8.50. The van der Waals surface area contributed by atoms with Crippen LogP contribution in [0.3, 0.4) is 0 Å². The fraction of sp³-hybridized carbons (Fsp3) is 0.500. The molecular formula is C20H26N4O5. The summed E-state index contributed by atoms with van der Waals surface area (Å²) in [6.07, 6.45) is 3.47. The van der Waals surface area contributed by atoms with Crippen molar-refractivity contribution < 1.29 is 24.3 Å². The van der Waals surface area contributed by atoms with Gasteiger partial charge in [-0.2, -0.15) is 0 Å². The summed E-state index contributed by atoms with van der Waals surface area (Å²) in [6.45, 7) is 2.15. The van der Waals surface area contributed by atoms with Gasteiger partial charge in [-0.05, 0) is 44.4 Å². The van der Waals surface area contributed by atoms with Crippen LogP contribution in [0.15, 0.2) is 24.3 Å². The van der Waals surface area contributed by atoms with Gasteiger partial charge in [-0.25, -0.2) is 9.69 Å². The predicted molar refractivity (Wildman–Crippen MR) is 104 cm³/mol. The first-order chi connectivity index (χ1) is 13.8. The van der Waals surface area contributed by atoms with Gasteiger partial charge in [0.25, 0.3) is 11.8 Å². The maximum absolute atomic E-state index is 12.7. The molecule has 1 aromatic carbocycles. The van der Waals surface area contributed by atoms with Gasteiger partial charge in [0, 0.05) is 18.7 Å². The first kappa shape index (κ1) is 20.6. The monoisotopic (exact) mass is 402 g/mol. The molecule has 3 rings (SSSR count). The minimum absolute atomic E-state index is 0.0128. The number of phenols is 1. The maximum Gasteiger partial charge on any atom is 0.325 e. The van der Waals surface area contributed by atoms with Gasteiger partial charge in [0.2, 0.25) is 5.91 Å². The lowest BCUT2D eigenvalue weighted by Crippen LogP contribution is -2.50.